The molecule has 0 saturated carbocycles. The maximum Gasteiger partial charge on any atom is 0.422 e. The average Bonchev–Trinajstić information content (AvgIpc) is 2.33. The maximum atomic E-state index is 11.6. The van der Waals surface area contributed by atoms with Crippen molar-refractivity contribution in [3.8, 4) is 0 Å². The van der Waals surface area contributed by atoms with E-state index in [0.29, 0.717) is 17.4 Å². The van der Waals surface area contributed by atoms with E-state index in [1.54, 1.807) is 18.2 Å². The fraction of sp³-hybridized carbons (Fsp3) is 0.333. The summed E-state index contributed by atoms with van der Waals surface area (Å²) in [5, 5.41) is 0.460. The Kier molecular flexibility index (Phi) is 3.98. The quantitative estimate of drug-likeness (QED) is 0.485. The molecule has 1 aromatic heterocycles. The highest BCUT2D eigenvalue weighted by Gasteiger charge is 2.07. The predicted octanol–water partition coefficient (Wildman–Crippen LogP) is 2.17. The molecule has 0 atom stereocenters. The first-order valence-electron chi connectivity index (χ1n) is 5.42. The molecule has 90 valence electrons. The molecule has 0 saturated heterocycles. The minimum atomic E-state index is -0.567. The van der Waals surface area contributed by atoms with E-state index in [1.807, 2.05) is 6.07 Å². The second-order valence-corrected chi connectivity index (χ2v) is 4.80. The molecule has 0 aliphatic heterocycles. The lowest BCUT2D eigenvalue weighted by Crippen LogP contribution is -2.25. The van der Waals surface area contributed by atoms with Gasteiger partial charge < -0.3 is 4.42 Å². The van der Waals surface area contributed by atoms with Gasteiger partial charge in [-0.15, -0.1) is 0 Å². The molecule has 0 radical (unpaired) electrons. The molecule has 0 unspecified atom stereocenters. The van der Waals surface area contributed by atoms with E-state index in [-0.39, 0.29) is 0 Å². The first-order chi connectivity index (χ1) is 8.24. The Morgan fingerprint density at radius 2 is 1.94 bits per heavy atom. The molecule has 2 aromatic rings. The van der Waals surface area contributed by atoms with Gasteiger partial charge in [-0.1, -0.05) is 34.7 Å². The van der Waals surface area contributed by atoms with E-state index in [0.717, 1.165) is 17.3 Å². The average molecular weight is 345 g/mol. The summed E-state index contributed by atoms with van der Waals surface area (Å²) in [6.07, 6.45) is 1.95. The van der Waals surface area contributed by atoms with Crippen molar-refractivity contribution in [3.05, 3.63) is 45.2 Å². The normalized spacial score (nSPS) is 10.9. The second kappa shape index (κ2) is 5.48. The summed E-state index contributed by atoms with van der Waals surface area (Å²) in [6, 6.07) is 7.03. The van der Waals surface area contributed by atoms with Gasteiger partial charge in [0.1, 0.15) is 0 Å². The van der Waals surface area contributed by atoms with E-state index in [1.165, 1.54) is 4.57 Å². The molecule has 17 heavy (non-hydrogen) atoms. The van der Waals surface area contributed by atoms with E-state index in [9.17, 15) is 9.59 Å². The zero-order valence-corrected chi connectivity index (χ0v) is 11.3. The molecular weight excluding hydrogens is 333 g/mol. The number of hydrogen-bond acceptors (Lipinski definition) is 3. The van der Waals surface area contributed by atoms with Crippen LogP contribution < -0.4 is 11.4 Å². The Labute approximate surface area is 111 Å². The highest BCUT2D eigenvalue weighted by Crippen LogP contribution is 2.08. The number of hydrogen-bond donors (Lipinski definition) is 0. The van der Waals surface area contributed by atoms with Crippen LogP contribution in [-0.4, -0.2) is 8.99 Å². The van der Waals surface area contributed by atoms with Gasteiger partial charge in [0.2, 0.25) is 0 Å². The van der Waals surface area contributed by atoms with Gasteiger partial charge in [0.25, 0.3) is 0 Å². The zero-order valence-electron chi connectivity index (χ0n) is 9.19. The van der Waals surface area contributed by atoms with Crippen LogP contribution in [0.15, 0.2) is 38.3 Å². The van der Waals surface area contributed by atoms with Crippen LogP contribution >= 0.6 is 22.6 Å². The molecule has 2 rings (SSSR count). The number of benzene rings is 1. The first kappa shape index (κ1) is 12.3. The SMILES string of the molecule is O=c1oc(=O)n(CCCCI)c2ccccc12. The standard InChI is InChI=1S/C12H12INO3/c13-7-3-4-8-14-10-6-2-1-5-9(10)11(15)17-12(14)16/h1-2,5-6H,3-4,7-8H2. The molecule has 0 aliphatic rings. The first-order valence-corrected chi connectivity index (χ1v) is 6.95. The van der Waals surface area contributed by atoms with Crippen LogP contribution in [0.2, 0.25) is 0 Å². The number of alkyl halides is 1. The smallest absolute Gasteiger partial charge is 0.372 e. The van der Waals surface area contributed by atoms with Crippen LogP contribution in [0.4, 0.5) is 0 Å². The van der Waals surface area contributed by atoms with Crippen molar-refractivity contribution in [3.63, 3.8) is 0 Å². The number of nitrogens with zero attached hydrogens (tertiary/aromatic N) is 1. The molecule has 5 heteroatoms. The molecule has 1 aromatic carbocycles. The van der Waals surface area contributed by atoms with Crippen LogP contribution in [0.1, 0.15) is 12.8 Å². The van der Waals surface area contributed by atoms with Crippen molar-refractivity contribution < 1.29 is 4.42 Å². The molecule has 0 amide bonds. The monoisotopic (exact) mass is 345 g/mol. The minimum absolute atomic E-state index is 0.460. The molecule has 1 heterocycles. The summed E-state index contributed by atoms with van der Waals surface area (Å²) in [7, 11) is 0. The largest absolute Gasteiger partial charge is 0.422 e. The van der Waals surface area contributed by atoms with Crippen LogP contribution in [0.25, 0.3) is 10.9 Å². The Morgan fingerprint density at radius 1 is 1.18 bits per heavy atom. The Hall–Kier alpha value is -1.11. The van der Waals surface area contributed by atoms with Crippen molar-refractivity contribution in [2.45, 2.75) is 19.4 Å². The van der Waals surface area contributed by atoms with Crippen LogP contribution in [0.5, 0.6) is 0 Å². The molecule has 0 fully saturated rings. The second-order valence-electron chi connectivity index (χ2n) is 3.72. The van der Waals surface area contributed by atoms with Gasteiger partial charge in [0.15, 0.2) is 0 Å². The third-order valence-electron chi connectivity index (χ3n) is 2.58. The van der Waals surface area contributed by atoms with Gasteiger partial charge in [-0.2, -0.15) is 0 Å². The van der Waals surface area contributed by atoms with Gasteiger partial charge in [-0.25, -0.2) is 9.59 Å². The molecule has 0 aliphatic carbocycles. The van der Waals surface area contributed by atoms with Crippen molar-refractivity contribution in [2.24, 2.45) is 0 Å². The molecule has 4 nitrogen and oxygen atoms in total. The van der Waals surface area contributed by atoms with Crippen molar-refractivity contribution in [1.82, 2.24) is 4.57 Å². The number of aryl methyl sites for hydroxylation is 1. The number of halogens is 1. The van der Waals surface area contributed by atoms with Crippen molar-refractivity contribution >= 4 is 33.5 Å². The Bertz CT molecular complexity index is 629. The fourth-order valence-electron chi connectivity index (χ4n) is 1.75. The van der Waals surface area contributed by atoms with Gasteiger partial charge in [-0.05, 0) is 29.4 Å². The molecular formula is C12H12INO3. The third-order valence-corrected chi connectivity index (χ3v) is 3.34. The summed E-state index contributed by atoms with van der Waals surface area (Å²) < 4.78 is 7.29. The van der Waals surface area contributed by atoms with E-state index in [2.05, 4.69) is 22.6 Å². The van der Waals surface area contributed by atoms with Gasteiger partial charge in [0.05, 0.1) is 10.9 Å². The maximum absolute atomic E-state index is 11.6. The number of fused-ring (bicyclic) bond motifs is 1. The number of aromatic nitrogens is 1. The Balaban J connectivity index is 2.54. The lowest BCUT2D eigenvalue weighted by molar-refractivity contribution is 0.412. The summed E-state index contributed by atoms with van der Waals surface area (Å²) in [5.74, 6) is -0.567. The summed E-state index contributed by atoms with van der Waals surface area (Å²) in [4.78, 5) is 23.1. The van der Waals surface area contributed by atoms with Crippen LogP contribution in [-0.2, 0) is 6.54 Å². The van der Waals surface area contributed by atoms with E-state index >= 15 is 0 Å². The highest BCUT2D eigenvalue weighted by molar-refractivity contribution is 14.1. The number of unbranched alkanes of at least 4 members (excludes halogenated alkanes) is 1. The van der Waals surface area contributed by atoms with Crippen molar-refractivity contribution in [2.75, 3.05) is 4.43 Å². The van der Waals surface area contributed by atoms with Gasteiger partial charge in [-0.3, -0.25) is 4.57 Å². The number of rotatable bonds is 4. The summed E-state index contributed by atoms with van der Waals surface area (Å²) in [6.45, 7) is 0.589. The van der Waals surface area contributed by atoms with Crippen LogP contribution in [0.3, 0.4) is 0 Å². The summed E-state index contributed by atoms with van der Waals surface area (Å²) >= 11 is 2.30. The van der Waals surface area contributed by atoms with Crippen LogP contribution in [0, 0.1) is 0 Å². The van der Waals surface area contributed by atoms with E-state index < -0.39 is 11.4 Å². The zero-order chi connectivity index (χ0) is 12.3. The van der Waals surface area contributed by atoms with E-state index in [4.69, 9.17) is 4.42 Å². The molecule has 0 bridgehead atoms. The molecule has 0 spiro atoms. The summed E-state index contributed by atoms with van der Waals surface area (Å²) in [5.41, 5.74) is 0.0953. The van der Waals surface area contributed by atoms with Gasteiger partial charge in [0, 0.05) is 6.54 Å². The number of para-hydroxylation sites is 1. The molecule has 0 N–H and O–H groups in total. The van der Waals surface area contributed by atoms with Gasteiger partial charge >= 0.3 is 11.4 Å². The third kappa shape index (κ3) is 2.59. The fourth-order valence-corrected chi connectivity index (χ4v) is 2.28. The minimum Gasteiger partial charge on any atom is -0.372 e. The lowest BCUT2D eigenvalue weighted by atomic mass is 10.2. The highest BCUT2D eigenvalue weighted by atomic mass is 127. The van der Waals surface area contributed by atoms with Crippen molar-refractivity contribution in [1.29, 1.82) is 0 Å². The lowest BCUT2D eigenvalue weighted by Gasteiger charge is -2.07. The predicted molar refractivity (Wildman–Crippen MR) is 74.9 cm³/mol. The Morgan fingerprint density at radius 3 is 2.71 bits per heavy atom. The topological polar surface area (TPSA) is 52.2 Å².